The van der Waals surface area contributed by atoms with E-state index in [4.69, 9.17) is 11.6 Å². The van der Waals surface area contributed by atoms with Gasteiger partial charge in [-0.2, -0.15) is 13.2 Å². The highest BCUT2D eigenvalue weighted by Gasteiger charge is 2.33. The number of amides is 1. The molecule has 1 amide bonds. The van der Waals surface area contributed by atoms with Gasteiger partial charge in [0, 0.05) is 19.0 Å². The molecule has 3 aromatic rings. The molecule has 1 heterocycles. The molecule has 184 valence electrons. The molecular formula is C24H19ClF4N2O3S. The van der Waals surface area contributed by atoms with E-state index in [0.29, 0.717) is 18.7 Å². The Labute approximate surface area is 204 Å². The molecule has 11 heteroatoms. The minimum absolute atomic E-state index is 0.0693. The highest BCUT2D eigenvalue weighted by molar-refractivity contribution is 7.90. The average molecular weight is 527 g/mol. The summed E-state index contributed by atoms with van der Waals surface area (Å²) in [7, 11) is -4.19. The molecule has 0 aromatic heterocycles. The first-order chi connectivity index (χ1) is 16.5. The van der Waals surface area contributed by atoms with Gasteiger partial charge in [-0.05, 0) is 48.4 Å². The SMILES string of the molecule is O=C(NS(=O)(=O)c1ccccc1)c1cccc(C2CCN(c3ccc(C(F)(F)F)cc3Cl)C2)c1F. The fourth-order valence-corrected chi connectivity index (χ4v) is 5.34. The second kappa shape index (κ2) is 9.50. The van der Waals surface area contributed by atoms with Gasteiger partial charge in [0.1, 0.15) is 5.82 Å². The van der Waals surface area contributed by atoms with Crippen LogP contribution in [0.5, 0.6) is 0 Å². The lowest BCUT2D eigenvalue weighted by molar-refractivity contribution is -0.137. The number of carbonyl (C=O) groups is 1. The number of benzene rings is 3. The maximum atomic E-state index is 15.3. The van der Waals surface area contributed by atoms with Crippen molar-refractivity contribution in [3.05, 3.63) is 94.3 Å². The summed E-state index contributed by atoms with van der Waals surface area (Å²) in [5.74, 6) is -2.33. The van der Waals surface area contributed by atoms with Crippen molar-refractivity contribution in [2.45, 2.75) is 23.4 Å². The number of alkyl halides is 3. The predicted molar refractivity (Wildman–Crippen MR) is 124 cm³/mol. The number of hydrogen-bond donors (Lipinski definition) is 1. The highest BCUT2D eigenvalue weighted by atomic mass is 35.5. The Morgan fingerprint density at radius 1 is 1.03 bits per heavy atom. The van der Waals surface area contributed by atoms with Crippen molar-refractivity contribution in [3.63, 3.8) is 0 Å². The summed E-state index contributed by atoms with van der Waals surface area (Å²) in [5.41, 5.74) is -0.684. The fraction of sp³-hybridized carbons (Fsp3) is 0.208. The maximum Gasteiger partial charge on any atom is 0.416 e. The zero-order valence-electron chi connectivity index (χ0n) is 18.0. The third-order valence-electron chi connectivity index (χ3n) is 5.80. The molecule has 0 aliphatic carbocycles. The molecule has 5 nitrogen and oxygen atoms in total. The van der Waals surface area contributed by atoms with Crippen LogP contribution in [0.4, 0.5) is 23.2 Å². The Hall–Kier alpha value is -3.11. The highest BCUT2D eigenvalue weighted by Crippen LogP contribution is 2.39. The number of carbonyl (C=O) groups excluding carboxylic acids is 1. The van der Waals surface area contributed by atoms with Crippen molar-refractivity contribution >= 4 is 33.2 Å². The number of anilines is 1. The molecule has 0 radical (unpaired) electrons. The first kappa shape index (κ1) is 25.0. The summed E-state index contributed by atoms with van der Waals surface area (Å²) < 4.78 is 80.9. The van der Waals surface area contributed by atoms with Crippen LogP contribution < -0.4 is 9.62 Å². The summed E-state index contributed by atoms with van der Waals surface area (Å²) >= 11 is 6.09. The Balaban J connectivity index is 1.53. The lowest BCUT2D eigenvalue weighted by Gasteiger charge is -2.21. The van der Waals surface area contributed by atoms with Gasteiger partial charge in [-0.1, -0.05) is 41.9 Å². The van der Waals surface area contributed by atoms with Crippen molar-refractivity contribution < 1.29 is 30.8 Å². The monoisotopic (exact) mass is 526 g/mol. The molecule has 1 aliphatic heterocycles. The number of hydrogen-bond acceptors (Lipinski definition) is 4. The fourth-order valence-electron chi connectivity index (χ4n) is 4.05. The maximum absolute atomic E-state index is 15.3. The smallest absolute Gasteiger partial charge is 0.370 e. The van der Waals surface area contributed by atoms with E-state index in [-0.39, 0.29) is 27.9 Å². The topological polar surface area (TPSA) is 66.5 Å². The normalized spacial score (nSPS) is 16.4. The molecular weight excluding hydrogens is 508 g/mol. The van der Waals surface area contributed by atoms with Crippen LogP contribution in [0.3, 0.4) is 0 Å². The molecule has 1 unspecified atom stereocenters. The van der Waals surface area contributed by atoms with Crippen LogP contribution >= 0.6 is 11.6 Å². The van der Waals surface area contributed by atoms with Crippen molar-refractivity contribution in [3.8, 4) is 0 Å². The van der Waals surface area contributed by atoms with Gasteiger partial charge in [-0.15, -0.1) is 0 Å². The summed E-state index contributed by atoms with van der Waals surface area (Å²) in [4.78, 5) is 14.2. The average Bonchev–Trinajstić information content (AvgIpc) is 3.28. The zero-order valence-corrected chi connectivity index (χ0v) is 19.6. The summed E-state index contributed by atoms with van der Waals surface area (Å²) in [6.07, 6.45) is -4.06. The van der Waals surface area contributed by atoms with Crippen LogP contribution in [0.1, 0.15) is 33.8 Å². The van der Waals surface area contributed by atoms with E-state index in [0.717, 1.165) is 12.1 Å². The van der Waals surface area contributed by atoms with Gasteiger partial charge in [0.05, 0.1) is 26.7 Å². The molecule has 3 aromatic carbocycles. The largest absolute Gasteiger partial charge is 0.416 e. The van der Waals surface area contributed by atoms with Crippen molar-refractivity contribution in [2.75, 3.05) is 18.0 Å². The minimum Gasteiger partial charge on any atom is -0.370 e. The Bertz CT molecular complexity index is 1360. The molecule has 1 fully saturated rings. The van der Waals surface area contributed by atoms with E-state index in [9.17, 15) is 26.4 Å². The van der Waals surface area contributed by atoms with Gasteiger partial charge in [-0.25, -0.2) is 17.5 Å². The summed E-state index contributed by atoms with van der Waals surface area (Å²) in [6, 6.07) is 14.4. The molecule has 1 atom stereocenters. The van der Waals surface area contributed by atoms with Gasteiger partial charge >= 0.3 is 6.18 Å². The molecule has 4 rings (SSSR count). The van der Waals surface area contributed by atoms with E-state index in [1.54, 1.807) is 11.0 Å². The van der Waals surface area contributed by atoms with E-state index in [1.807, 2.05) is 4.72 Å². The van der Waals surface area contributed by atoms with Crippen LogP contribution in [0.2, 0.25) is 5.02 Å². The predicted octanol–water partition coefficient (Wildman–Crippen LogP) is 5.61. The number of halogens is 5. The minimum atomic E-state index is -4.52. The number of rotatable bonds is 5. The van der Waals surface area contributed by atoms with E-state index in [2.05, 4.69) is 0 Å². The van der Waals surface area contributed by atoms with E-state index >= 15 is 4.39 Å². The number of nitrogens with one attached hydrogen (secondary N) is 1. The molecule has 0 saturated carbocycles. The third-order valence-corrected chi connectivity index (χ3v) is 7.45. The Morgan fingerprint density at radius 3 is 2.40 bits per heavy atom. The van der Waals surface area contributed by atoms with Gasteiger partial charge in [-0.3, -0.25) is 4.79 Å². The zero-order chi connectivity index (χ0) is 25.4. The first-order valence-corrected chi connectivity index (χ1v) is 12.4. The van der Waals surface area contributed by atoms with Crippen LogP contribution in [-0.4, -0.2) is 27.4 Å². The summed E-state index contributed by atoms with van der Waals surface area (Å²) in [6.45, 7) is 0.670. The molecule has 1 saturated heterocycles. The molecule has 0 spiro atoms. The van der Waals surface area contributed by atoms with Crippen molar-refractivity contribution in [1.82, 2.24) is 4.72 Å². The van der Waals surface area contributed by atoms with Crippen LogP contribution in [0, 0.1) is 5.82 Å². The molecule has 0 bridgehead atoms. The lowest BCUT2D eigenvalue weighted by Crippen LogP contribution is -2.31. The second-order valence-electron chi connectivity index (χ2n) is 8.05. The number of nitrogens with zero attached hydrogens (tertiary/aromatic N) is 1. The summed E-state index contributed by atoms with van der Waals surface area (Å²) in [5, 5.41) is -0.0693. The number of sulfonamides is 1. The van der Waals surface area contributed by atoms with Gasteiger partial charge in [0.2, 0.25) is 0 Å². The quantitative estimate of drug-likeness (QED) is 0.439. The third kappa shape index (κ3) is 5.28. The standard InChI is InChI=1S/C24H19ClF4N2O3S/c25-20-13-16(24(27,28)29)9-10-21(20)31-12-11-15(14-31)18-7-4-8-19(22(18)26)23(32)30-35(33,34)17-5-2-1-3-6-17/h1-10,13,15H,11-12,14H2,(H,30,32). The van der Waals surface area contributed by atoms with E-state index in [1.165, 1.54) is 48.5 Å². The van der Waals surface area contributed by atoms with Gasteiger partial charge in [0.25, 0.3) is 15.9 Å². The molecule has 1 aliphatic rings. The Kier molecular flexibility index (Phi) is 6.79. The lowest BCUT2D eigenvalue weighted by atomic mass is 9.95. The van der Waals surface area contributed by atoms with Crippen molar-refractivity contribution in [1.29, 1.82) is 0 Å². The van der Waals surface area contributed by atoms with E-state index < -0.39 is 39.1 Å². The van der Waals surface area contributed by atoms with Crippen LogP contribution in [-0.2, 0) is 16.2 Å². The van der Waals surface area contributed by atoms with Gasteiger partial charge < -0.3 is 4.90 Å². The molecule has 35 heavy (non-hydrogen) atoms. The van der Waals surface area contributed by atoms with Gasteiger partial charge in [0.15, 0.2) is 0 Å². The van der Waals surface area contributed by atoms with Crippen molar-refractivity contribution in [2.24, 2.45) is 0 Å². The first-order valence-electron chi connectivity index (χ1n) is 10.5. The van der Waals surface area contributed by atoms with Crippen LogP contribution in [0.15, 0.2) is 71.6 Å². The second-order valence-corrected chi connectivity index (χ2v) is 10.1. The molecule has 1 N–H and O–H groups in total. The van der Waals surface area contributed by atoms with Crippen LogP contribution in [0.25, 0.3) is 0 Å². The Morgan fingerprint density at radius 2 is 1.74 bits per heavy atom.